The van der Waals surface area contributed by atoms with Crippen LogP contribution in [0.25, 0.3) is 10.9 Å². The summed E-state index contributed by atoms with van der Waals surface area (Å²) in [7, 11) is 3.19. The number of piperidine rings is 1. The van der Waals surface area contributed by atoms with Gasteiger partial charge in [0.15, 0.2) is 0 Å². The smallest absolute Gasteiger partial charge is 0.274 e. The molecule has 1 aliphatic heterocycles. The summed E-state index contributed by atoms with van der Waals surface area (Å²) in [5.74, 6) is 1.49. The number of H-pyrrole nitrogens is 1. The number of benzene rings is 1. The first kappa shape index (κ1) is 19.9. The van der Waals surface area contributed by atoms with Crippen LogP contribution in [-0.4, -0.2) is 48.1 Å². The van der Waals surface area contributed by atoms with E-state index in [4.69, 9.17) is 9.47 Å². The Balaban J connectivity index is 1.53. The zero-order chi connectivity index (χ0) is 21.1. The third kappa shape index (κ3) is 4.01. The van der Waals surface area contributed by atoms with E-state index in [-0.39, 0.29) is 23.8 Å². The van der Waals surface area contributed by atoms with Crippen LogP contribution in [0.3, 0.4) is 0 Å². The first-order valence-corrected chi connectivity index (χ1v) is 10.1. The molecule has 0 aliphatic carbocycles. The molecule has 3 aromatic rings. The Bertz CT molecular complexity index is 1120. The molecule has 0 spiro atoms. The molecule has 30 heavy (non-hydrogen) atoms. The van der Waals surface area contributed by atoms with E-state index < -0.39 is 0 Å². The number of pyridine rings is 2. The fourth-order valence-electron chi connectivity index (χ4n) is 4.09. The summed E-state index contributed by atoms with van der Waals surface area (Å²) in [5.41, 5.74) is 1.91. The van der Waals surface area contributed by atoms with Gasteiger partial charge in [-0.3, -0.25) is 14.6 Å². The predicted molar refractivity (Wildman–Crippen MR) is 114 cm³/mol. The molecule has 4 rings (SSSR count). The van der Waals surface area contributed by atoms with Gasteiger partial charge in [0.2, 0.25) is 5.91 Å². The SMILES string of the molecule is COc1ccc(OC)c(CC(=O)N2CCCC(c3cc4cccnc4c(=O)[nH]3)C2)c1. The van der Waals surface area contributed by atoms with Crippen molar-refractivity contribution in [3.05, 3.63) is 64.2 Å². The van der Waals surface area contributed by atoms with Gasteiger partial charge in [-0.2, -0.15) is 0 Å². The first-order chi connectivity index (χ1) is 14.6. The van der Waals surface area contributed by atoms with Gasteiger partial charge in [-0.1, -0.05) is 6.07 Å². The number of rotatable bonds is 5. The number of ether oxygens (including phenoxy) is 2. The molecule has 7 heteroatoms. The van der Waals surface area contributed by atoms with Crippen molar-refractivity contribution < 1.29 is 14.3 Å². The molecule has 0 bridgehead atoms. The second-order valence-corrected chi connectivity index (χ2v) is 7.53. The van der Waals surface area contributed by atoms with Crippen molar-refractivity contribution in [3.63, 3.8) is 0 Å². The summed E-state index contributed by atoms with van der Waals surface area (Å²) in [6, 6.07) is 11.2. The van der Waals surface area contributed by atoms with Crippen molar-refractivity contribution in [1.82, 2.24) is 14.9 Å². The maximum Gasteiger partial charge on any atom is 0.274 e. The Kier molecular flexibility index (Phi) is 5.70. The fourth-order valence-corrected chi connectivity index (χ4v) is 4.09. The zero-order valence-electron chi connectivity index (χ0n) is 17.2. The van der Waals surface area contributed by atoms with Crippen LogP contribution >= 0.6 is 0 Å². The minimum absolute atomic E-state index is 0.0380. The van der Waals surface area contributed by atoms with Gasteiger partial charge in [0, 0.05) is 41.8 Å². The van der Waals surface area contributed by atoms with Crippen molar-refractivity contribution in [1.29, 1.82) is 0 Å². The molecular weight excluding hydrogens is 382 g/mol. The van der Waals surface area contributed by atoms with E-state index in [1.54, 1.807) is 20.4 Å². The molecule has 1 atom stereocenters. The average Bonchev–Trinajstić information content (AvgIpc) is 2.79. The number of amides is 1. The summed E-state index contributed by atoms with van der Waals surface area (Å²) in [4.78, 5) is 34.4. The van der Waals surface area contributed by atoms with Gasteiger partial charge < -0.3 is 19.4 Å². The number of nitrogens with one attached hydrogen (secondary N) is 1. The number of hydrogen-bond donors (Lipinski definition) is 1. The van der Waals surface area contributed by atoms with Gasteiger partial charge in [-0.25, -0.2) is 0 Å². The van der Waals surface area contributed by atoms with Crippen molar-refractivity contribution in [3.8, 4) is 11.5 Å². The lowest BCUT2D eigenvalue weighted by Gasteiger charge is -2.33. The molecule has 1 fully saturated rings. The van der Waals surface area contributed by atoms with E-state index in [2.05, 4.69) is 9.97 Å². The first-order valence-electron chi connectivity index (χ1n) is 10.1. The van der Waals surface area contributed by atoms with E-state index in [9.17, 15) is 9.59 Å². The van der Waals surface area contributed by atoms with Gasteiger partial charge in [-0.15, -0.1) is 0 Å². The lowest BCUT2D eigenvalue weighted by atomic mass is 9.93. The molecule has 1 aromatic carbocycles. The van der Waals surface area contributed by atoms with E-state index in [1.807, 2.05) is 41.3 Å². The van der Waals surface area contributed by atoms with Crippen LogP contribution in [0.4, 0.5) is 0 Å². The molecule has 1 aliphatic rings. The maximum absolute atomic E-state index is 13.0. The Morgan fingerprint density at radius 3 is 2.90 bits per heavy atom. The van der Waals surface area contributed by atoms with Crippen LogP contribution < -0.4 is 15.0 Å². The summed E-state index contributed by atoms with van der Waals surface area (Å²) < 4.78 is 10.7. The lowest BCUT2D eigenvalue weighted by molar-refractivity contribution is -0.131. The molecule has 1 saturated heterocycles. The zero-order valence-corrected chi connectivity index (χ0v) is 17.2. The average molecular weight is 407 g/mol. The van der Waals surface area contributed by atoms with E-state index in [0.717, 1.165) is 29.5 Å². The van der Waals surface area contributed by atoms with Crippen LogP contribution in [0.1, 0.15) is 30.0 Å². The quantitative estimate of drug-likeness (QED) is 0.703. The molecule has 2 aromatic heterocycles. The number of hydrogen-bond acceptors (Lipinski definition) is 5. The highest BCUT2D eigenvalue weighted by Crippen LogP contribution is 2.29. The monoisotopic (exact) mass is 407 g/mol. The van der Waals surface area contributed by atoms with Crippen LogP contribution in [0, 0.1) is 0 Å². The normalized spacial score (nSPS) is 16.5. The van der Waals surface area contributed by atoms with E-state index in [1.165, 1.54) is 0 Å². The molecule has 7 nitrogen and oxygen atoms in total. The van der Waals surface area contributed by atoms with Crippen molar-refractivity contribution in [2.45, 2.75) is 25.2 Å². The Morgan fingerprint density at radius 2 is 2.10 bits per heavy atom. The number of nitrogens with zero attached hydrogens (tertiary/aromatic N) is 2. The van der Waals surface area contributed by atoms with Gasteiger partial charge >= 0.3 is 0 Å². The number of carbonyl (C=O) groups is 1. The molecule has 1 unspecified atom stereocenters. The number of likely N-dealkylation sites (tertiary alicyclic amines) is 1. The second-order valence-electron chi connectivity index (χ2n) is 7.53. The highest BCUT2D eigenvalue weighted by atomic mass is 16.5. The summed E-state index contributed by atoms with van der Waals surface area (Å²) in [5, 5.41) is 0.820. The maximum atomic E-state index is 13.0. The van der Waals surface area contributed by atoms with Crippen LogP contribution in [0.5, 0.6) is 11.5 Å². The minimum Gasteiger partial charge on any atom is -0.497 e. The summed E-state index contributed by atoms with van der Waals surface area (Å²) >= 11 is 0. The second kappa shape index (κ2) is 8.57. The number of methoxy groups -OCH3 is 2. The van der Waals surface area contributed by atoms with Gasteiger partial charge in [0.1, 0.15) is 17.0 Å². The number of aromatic amines is 1. The number of carbonyl (C=O) groups excluding carboxylic acids is 1. The predicted octanol–water partition coefficient (Wildman–Crippen LogP) is 2.89. The van der Waals surface area contributed by atoms with E-state index >= 15 is 0 Å². The highest BCUT2D eigenvalue weighted by Gasteiger charge is 2.26. The van der Waals surface area contributed by atoms with Gasteiger partial charge in [0.05, 0.1) is 20.6 Å². The van der Waals surface area contributed by atoms with E-state index in [0.29, 0.717) is 30.1 Å². The number of aromatic nitrogens is 2. The van der Waals surface area contributed by atoms with Crippen LogP contribution in [0.15, 0.2) is 47.4 Å². The van der Waals surface area contributed by atoms with Gasteiger partial charge in [-0.05, 0) is 43.2 Å². The summed E-state index contributed by atoms with van der Waals surface area (Å²) in [6.45, 7) is 1.29. The standard InChI is InChI=1S/C23H25N3O4/c1-29-18-7-8-20(30-2)17(11-18)13-21(27)26-10-4-6-16(14-26)19-12-15-5-3-9-24-22(15)23(28)25-19/h3,5,7-9,11-12,16H,4,6,10,13-14H2,1-2H3,(H,25,28). The summed E-state index contributed by atoms with van der Waals surface area (Å²) in [6.07, 6.45) is 3.67. The van der Waals surface area contributed by atoms with Gasteiger partial charge in [0.25, 0.3) is 5.56 Å². The van der Waals surface area contributed by atoms with Crippen molar-refractivity contribution >= 4 is 16.8 Å². The third-order valence-electron chi connectivity index (χ3n) is 5.67. The highest BCUT2D eigenvalue weighted by molar-refractivity contribution is 5.80. The molecule has 3 heterocycles. The molecule has 1 amide bonds. The Hall–Kier alpha value is -3.35. The largest absolute Gasteiger partial charge is 0.497 e. The Morgan fingerprint density at radius 1 is 1.23 bits per heavy atom. The molecule has 156 valence electrons. The van der Waals surface area contributed by atoms with Crippen LogP contribution in [0.2, 0.25) is 0 Å². The molecule has 0 radical (unpaired) electrons. The Labute approximate surface area is 174 Å². The van der Waals surface area contributed by atoms with Crippen molar-refractivity contribution in [2.24, 2.45) is 0 Å². The van der Waals surface area contributed by atoms with Crippen molar-refractivity contribution in [2.75, 3.05) is 27.3 Å². The minimum atomic E-state index is -0.187. The van der Waals surface area contributed by atoms with Crippen LogP contribution in [-0.2, 0) is 11.2 Å². The number of fused-ring (bicyclic) bond motifs is 1. The molecule has 1 N–H and O–H groups in total. The molecule has 0 saturated carbocycles. The third-order valence-corrected chi connectivity index (χ3v) is 5.67. The topological polar surface area (TPSA) is 84.5 Å². The lowest BCUT2D eigenvalue weighted by Crippen LogP contribution is -2.40. The fraction of sp³-hybridized carbons (Fsp3) is 0.348. The molecular formula is C23H25N3O4.